The lowest BCUT2D eigenvalue weighted by molar-refractivity contribution is -0.142. The Morgan fingerprint density at radius 3 is 2.57 bits per heavy atom. The van der Waals surface area contributed by atoms with Gasteiger partial charge in [0, 0.05) is 6.54 Å². The fourth-order valence-corrected chi connectivity index (χ4v) is 2.23. The molecule has 3 unspecified atom stereocenters. The highest BCUT2D eigenvalue weighted by atomic mass is 16.4. The van der Waals surface area contributed by atoms with Crippen molar-refractivity contribution in [3.63, 3.8) is 0 Å². The minimum atomic E-state index is -1.18. The van der Waals surface area contributed by atoms with E-state index in [9.17, 15) is 19.2 Å². The van der Waals surface area contributed by atoms with Gasteiger partial charge in [0.1, 0.15) is 18.1 Å². The Hall–Kier alpha value is -2.20. The predicted molar refractivity (Wildman–Crippen MR) is 78.0 cm³/mol. The number of carboxylic acid groups (broad SMARTS) is 1. The smallest absolute Gasteiger partial charge is 0.325 e. The number of nitrogens with one attached hydrogen (secondary N) is 2. The highest BCUT2D eigenvalue weighted by Gasteiger charge is 2.36. The van der Waals surface area contributed by atoms with E-state index in [4.69, 9.17) is 15.9 Å². The zero-order valence-corrected chi connectivity index (χ0v) is 12.8. The van der Waals surface area contributed by atoms with Crippen LogP contribution in [0.4, 0.5) is 0 Å². The summed E-state index contributed by atoms with van der Waals surface area (Å²) in [4.78, 5) is 47.5. The molecule has 10 nitrogen and oxygen atoms in total. The molecule has 0 aromatic heterocycles. The highest BCUT2D eigenvalue weighted by Crippen LogP contribution is 2.18. The molecule has 0 spiro atoms. The summed E-state index contributed by atoms with van der Waals surface area (Å²) in [7, 11) is 0. The lowest BCUT2D eigenvalue weighted by Crippen LogP contribution is -2.53. The van der Waals surface area contributed by atoms with E-state index in [-0.39, 0.29) is 6.54 Å². The first-order valence-electron chi connectivity index (χ1n) is 7.24. The largest absolute Gasteiger partial charge is 0.480 e. The van der Waals surface area contributed by atoms with Crippen molar-refractivity contribution in [3.05, 3.63) is 0 Å². The first-order chi connectivity index (χ1) is 10.8. The first kappa shape index (κ1) is 18.8. The molecule has 10 heteroatoms. The maximum absolute atomic E-state index is 12.1. The Labute approximate surface area is 133 Å². The summed E-state index contributed by atoms with van der Waals surface area (Å²) in [5.41, 5.74) is 5.47. The van der Waals surface area contributed by atoms with Gasteiger partial charge in [-0.25, -0.2) is 0 Å². The molecule has 0 radical (unpaired) electrons. The number of carbonyl (C=O) groups is 4. The zero-order valence-electron chi connectivity index (χ0n) is 12.8. The second kappa shape index (κ2) is 8.44. The quantitative estimate of drug-likeness (QED) is 0.332. The number of likely N-dealkylation sites (tertiary alicyclic amines) is 1. The number of carboxylic acids is 1. The molecule has 3 amide bonds. The molecule has 0 aliphatic carbocycles. The minimum Gasteiger partial charge on any atom is -0.480 e. The Bertz CT molecular complexity index is 483. The third-order valence-corrected chi connectivity index (χ3v) is 3.52. The van der Waals surface area contributed by atoms with E-state index in [0.29, 0.717) is 19.4 Å². The second-order valence-electron chi connectivity index (χ2n) is 5.32. The summed E-state index contributed by atoms with van der Waals surface area (Å²) in [6.45, 7) is 0.753. The molecule has 1 aliphatic heterocycles. The number of rotatable bonds is 7. The maximum atomic E-state index is 12.1. The maximum Gasteiger partial charge on any atom is 0.325 e. The van der Waals surface area contributed by atoms with E-state index in [1.807, 2.05) is 0 Å². The summed E-state index contributed by atoms with van der Waals surface area (Å²) < 4.78 is 0. The SMILES string of the molecule is CC(NC(=O)CNC(=O)C1CCCN1C(=O)C(N)CO)C(=O)O. The Morgan fingerprint density at radius 2 is 2.00 bits per heavy atom. The third-order valence-electron chi connectivity index (χ3n) is 3.52. The van der Waals surface area contributed by atoms with Crippen molar-refractivity contribution >= 4 is 23.7 Å². The van der Waals surface area contributed by atoms with Gasteiger partial charge >= 0.3 is 5.97 Å². The number of carbonyl (C=O) groups excluding carboxylic acids is 3. The Balaban J connectivity index is 2.52. The van der Waals surface area contributed by atoms with Gasteiger partial charge in [-0.3, -0.25) is 19.2 Å². The molecule has 1 heterocycles. The number of hydrogen-bond donors (Lipinski definition) is 5. The lowest BCUT2D eigenvalue weighted by Gasteiger charge is -2.26. The van der Waals surface area contributed by atoms with E-state index >= 15 is 0 Å². The van der Waals surface area contributed by atoms with Crippen molar-refractivity contribution in [1.82, 2.24) is 15.5 Å². The van der Waals surface area contributed by atoms with Gasteiger partial charge in [-0.2, -0.15) is 0 Å². The average Bonchev–Trinajstić information content (AvgIpc) is 3.00. The summed E-state index contributed by atoms with van der Waals surface area (Å²) in [6, 6.07) is -2.89. The number of nitrogens with two attached hydrogens (primary N) is 1. The van der Waals surface area contributed by atoms with Crippen molar-refractivity contribution < 1.29 is 29.4 Å². The molecule has 1 saturated heterocycles. The summed E-state index contributed by atoms with van der Waals surface area (Å²) in [5, 5.41) is 22.2. The fourth-order valence-electron chi connectivity index (χ4n) is 2.23. The molecule has 1 aliphatic rings. The number of aliphatic hydroxyl groups excluding tert-OH is 1. The van der Waals surface area contributed by atoms with Gasteiger partial charge in [0.15, 0.2) is 0 Å². The molecule has 1 rings (SSSR count). The summed E-state index contributed by atoms with van der Waals surface area (Å²) in [6.07, 6.45) is 1.05. The number of hydrogen-bond acceptors (Lipinski definition) is 6. The van der Waals surface area contributed by atoms with Crippen LogP contribution in [0.3, 0.4) is 0 Å². The van der Waals surface area contributed by atoms with E-state index in [2.05, 4.69) is 10.6 Å². The number of aliphatic carboxylic acids is 1. The topological polar surface area (TPSA) is 162 Å². The molecule has 0 saturated carbocycles. The van der Waals surface area contributed by atoms with Crippen molar-refractivity contribution in [2.24, 2.45) is 5.73 Å². The van der Waals surface area contributed by atoms with Crippen LogP contribution in [0.2, 0.25) is 0 Å². The minimum absolute atomic E-state index is 0.354. The number of aliphatic hydroxyl groups is 1. The van der Waals surface area contributed by atoms with Crippen LogP contribution in [0.25, 0.3) is 0 Å². The standard InChI is InChI=1S/C13H22N4O6/c1-7(13(22)23)16-10(19)5-15-11(20)9-3-2-4-17(9)12(21)8(14)6-18/h7-9,18H,2-6,14H2,1H3,(H,15,20)(H,16,19)(H,22,23). The van der Waals surface area contributed by atoms with E-state index < -0.39 is 48.4 Å². The molecular weight excluding hydrogens is 308 g/mol. The molecule has 130 valence electrons. The first-order valence-corrected chi connectivity index (χ1v) is 7.24. The second-order valence-corrected chi connectivity index (χ2v) is 5.32. The molecule has 0 aromatic rings. The highest BCUT2D eigenvalue weighted by molar-refractivity contribution is 5.93. The molecule has 3 atom stereocenters. The normalized spacial score (nSPS) is 19.8. The van der Waals surface area contributed by atoms with E-state index in [1.165, 1.54) is 11.8 Å². The van der Waals surface area contributed by atoms with Gasteiger partial charge in [0.25, 0.3) is 0 Å². The van der Waals surface area contributed by atoms with Gasteiger partial charge in [0.2, 0.25) is 17.7 Å². The molecular formula is C13H22N4O6. The van der Waals surface area contributed by atoms with Crippen LogP contribution in [0.1, 0.15) is 19.8 Å². The molecule has 6 N–H and O–H groups in total. The van der Waals surface area contributed by atoms with Crippen molar-refractivity contribution in [2.75, 3.05) is 19.7 Å². The Morgan fingerprint density at radius 1 is 1.35 bits per heavy atom. The molecule has 1 fully saturated rings. The van der Waals surface area contributed by atoms with Crippen molar-refractivity contribution in [3.8, 4) is 0 Å². The van der Waals surface area contributed by atoms with Crippen LogP contribution in [-0.2, 0) is 19.2 Å². The average molecular weight is 330 g/mol. The van der Waals surface area contributed by atoms with E-state index in [1.54, 1.807) is 0 Å². The van der Waals surface area contributed by atoms with Crippen molar-refractivity contribution in [2.45, 2.75) is 37.9 Å². The van der Waals surface area contributed by atoms with E-state index in [0.717, 1.165) is 0 Å². The monoisotopic (exact) mass is 330 g/mol. The van der Waals surface area contributed by atoms with Gasteiger partial charge in [0.05, 0.1) is 13.2 Å². The van der Waals surface area contributed by atoms with Crippen LogP contribution < -0.4 is 16.4 Å². The predicted octanol–water partition coefficient (Wildman–Crippen LogP) is -3.00. The Kier molecular flexibility index (Phi) is 6.91. The van der Waals surface area contributed by atoms with Crippen LogP contribution >= 0.6 is 0 Å². The van der Waals surface area contributed by atoms with Gasteiger partial charge in [-0.1, -0.05) is 0 Å². The van der Waals surface area contributed by atoms with Gasteiger partial charge in [-0.05, 0) is 19.8 Å². The number of amides is 3. The summed E-state index contributed by atoms with van der Waals surface area (Å²) in [5.74, 6) is -2.86. The molecule has 0 bridgehead atoms. The van der Waals surface area contributed by atoms with Crippen LogP contribution in [0.5, 0.6) is 0 Å². The zero-order chi connectivity index (χ0) is 17.6. The number of nitrogens with zero attached hydrogens (tertiary/aromatic N) is 1. The van der Waals surface area contributed by atoms with Crippen LogP contribution in [0.15, 0.2) is 0 Å². The van der Waals surface area contributed by atoms with Crippen LogP contribution in [-0.4, -0.2) is 76.6 Å². The summed E-state index contributed by atoms with van der Waals surface area (Å²) >= 11 is 0. The third kappa shape index (κ3) is 5.18. The molecule has 0 aromatic carbocycles. The van der Waals surface area contributed by atoms with Crippen LogP contribution in [0, 0.1) is 0 Å². The lowest BCUT2D eigenvalue weighted by atomic mass is 10.2. The van der Waals surface area contributed by atoms with Crippen molar-refractivity contribution in [1.29, 1.82) is 0 Å². The van der Waals surface area contributed by atoms with Gasteiger partial charge in [-0.15, -0.1) is 0 Å². The fraction of sp³-hybridized carbons (Fsp3) is 0.692. The molecule has 23 heavy (non-hydrogen) atoms. The van der Waals surface area contributed by atoms with Gasteiger partial charge < -0.3 is 31.5 Å².